The Balaban J connectivity index is 2.45. The first-order chi connectivity index (χ1) is 9.35. The average molecular weight is 339 g/mol. The molecule has 0 spiro atoms. The Morgan fingerprint density at radius 1 is 1.40 bits per heavy atom. The summed E-state index contributed by atoms with van der Waals surface area (Å²) < 4.78 is 6.83. The summed E-state index contributed by atoms with van der Waals surface area (Å²) in [5, 5.41) is 8.95. The fraction of sp³-hybridized carbons (Fsp3) is 0.562. The third-order valence-corrected chi connectivity index (χ3v) is 3.71. The highest BCUT2D eigenvalue weighted by Gasteiger charge is 2.15. The summed E-state index contributed by atoms with van der Waals surface area (Å²) in [6.45, 7) is 6.54. The van der Waals surface area contributed by atoms with Gasteiger partial charge in [-0.15, -0.1) is 0 Å². The highest BCUT2D eigenvalue weighted by Crippen LogP contribution is 2.28. The van der Waals surface area contributed by atoms with Crippen LogP contribution in [0.5, 0.6) is 5.75 Å². The standard InChI is InChI=1S/C16H23BrN2O/c1-12(19)14-10-13(17)6-7-15(14)20-9-5-4-8-16(2,3)11-18/h6-7,10,12H,4-5,8-9,19H2,1-3H3/t12-/m1/s1. The number of hydrogen-bond acceptors (Lipinski definition) is 3. The Morgan fingerprint density at radius 2 is 2.10 bits per heavy atom. The maximum atomic E-state index is 8.95. The van der Waals surface area contributed by atoms with E-state index in [0.29, 0.717) is 6.61 Å². The van der Waals surface area contributed by atoms with Crippen molar-refractivity contribution < 1.29 is 4.74 Å². The van der Waals surface area contributed by atoms with E-state index in [2.05, 4.69) is 22.0 Å². The van der Waals surface area contributed by atoms with E-state index >= 15 is 0 Å². The lowest BCUT2D eigenvalue weighted by Gasteiger charge is -2.16. The largest absolute Gasteiger partial charge is 0.493 e. The quantitative estimate of drug-likeness (QED) is 0.741. The molecule has 3 nitrogen and oxygen atoms in total. The number of ether oxygens (including phenoxy) is 1. The molecule has 20 heavy (non-hydrogen) atoms. The Kier molecular flexibility index (Phi) is 6.51. The zero-order chi connectivity index (χ0) is 15.2. The molecule has 0 bridgehead atoms. The number of benzene rings is 1. The lowest BCUT2D eigenvalue weighted by atomic mass is 9.89. The van der Waals surface area contributed by atoms with Crippen LogP contribution in [0.3, 0.4) is 0 Å². The summed E-state index contributed by atoms with van der Waals surface area (Å²) in [4.78, 5) is 0. The molecule has 0 saturated heterocycles. The van der Waals surface area contributed by atoms with E-state index in [-0.39, 0.29) is 11.5 Å². The van der Waals surface area contributed by atoms with Crippen LogP contribution in [0.25, 0.3) is 0 Å². The van der Waals surface area contributed by atoms with Crippen LogP contribution < -0.4 is 10.5 Å². The van der Waals surface area contributed by atoms with Crippen LogP contribution in [-0.2, 0) is 0 Å². The predicted octanol–water partition coefficient (Wildman–Crippen LogP) is 4.57. The number of hydrogen-bond donors (Lipinski definition) is 1. The van der Waals surface area contributed by atoms with Gasteiger partial charge in [-0.2, -0.15) is 5.26 Å². The van der Waals surface area contributed by atoms with Gasteiger partial charge < -0.3 is 10.5 Å². The molecule has 1 rings (SSSR count). The van der Waals surface area contributed by atoms with Crippen molar-refractivity contribution in [2.75, 3.05) is 6.61 Å². The normalized spacial score (nSPS) is 12.8. The number of halogens is 1. The fourth-order valence-corrected chi connectivity index (χ4v) is 2.29. The molecule has 0 amide bonds. The SMILES string of the molecule is C[C@@H](N)c1cc(Br)ccc1OCCCCC(C)(C)C#N. The van der Waals surface area contributed by atoms with Gasteiger partial charge in [0.05, 0.1) is 18.1 Å². The third-order valence-electron chi connectivity index (χ3n) is 3.22. The maximum absolute atomic E-state index is 8.95. The summed E-state index contributed by atoms with van der Waals surface area (Å²) >= 11 is 3.45. The lowest BCUT2D eigenvalue weighted by Crippen LogP contribution is -2.10. The minimum absolute atomic E-state index is 0.0555. The van der Waals surface area contributed by atoms with Gasteiger partial charge in [0.25, 0.3) is 0 Å². The number of nitriles is 1. The van der Waals surface area contributed by atoms with Gasteiger partial charge in [0.1, 0.15) is 5.75 Å². The second kappa shape index (κ2) is 7.66. The molecule has 0 aliphatic carbocycles. The molecule has 0 radical (unpaired) electrons. The van der Waals surface area contributed by atoms with Gasteiger partial charge in [-0.25, -0.2) is 0 Å². The summed E-state index contributed by atoms with van der Waals surface area (Å²) in [6.07, 6.45) is 2.83. The molecule has 0 saturated carbocycles. The molecular formula is C16H23BrN2O. The van der Waals surface area contributed by atoms with Crippen LogP contribution >= 0.6 is 15.9 Å². The number of nitrogens with zero attached hydrogens (tertiary/aromatic N) is 1. The van der Waals surface area contributed by atoms with E-state index < -0.39 is 0 Å². The zero-order valence-corrected chi connectivity index (χ0v) is 14.0. The molecule has 0 unspecified atom stereocenters. The second-order valence-electron chi connectivity index (χ2n) is 5.77. The van der Waals surface area contributed by atoms with E-state index in [0.717, 1.165) is 35.0 Å². The third kappa shape index (κ3) is 5.52. The fourth-order valence-electron chi connectivity index (χ4n) is 1.91. The van der Waals surface area contributed by atoms with Gasteiger partial charge in [-0.1, -0.05) is 15.9 Å². The van der Waals surface area contributed by atoms with Crippen molar-refractivity contribution in [3.8, 4) is 11.8 Å². The minimum atomic E-state index is -0.242. The summed E-state index contributed by atoms with van der Waals surface area (Å²) in [5.74, 6) is 0.850. The molecule has 1 aromatic carbocycles. The Labute approximate surface area is 130 Å². The predicted molar refractivity (Wildman–Crippen MR) is 85.5 cm³/mol. The van der Waals surface area contributed by atoms with E-state index in [1.54, 1.807) is 0 Å². The minimum Gasteiger partial charge on any atom is -0.493 e. The van der Waals surface area contributed by atoms with Crippen molar-refractivity contribution in [3.63, 3.8) is 0 Å². The van der Waals surface area contributed by atoms with Gasteiger partial charge in [-0.05, 0) is 58.2 Å². The zero-order valence-electron chi connectivity index (χ0n) is 12.4. The maximum Gasteiger partial charge on any atom is 0.124 e. The molecule has 2 N–H and O–H groups in total. The van der Waals surface area contributed by atoms with Gasteiger partial charge in [-0.3, -0.25) is 0 Å². The van der Waals surface area contributed by atoms with Crippen molar-refractivity contribution in [2.24, 2.45) is 11.1 Å². The number of rotatable bonds is 7. The topological polar surface area (TPSA) is 59.0 Å². The molecule has 110 valence electrons. The van der Waals surface area contributed by atoms with Crippen LogP contribution in [0.2, 0.25) is 0 Å². The van der Waals surface area contributed by atoms with Crippen molar-refractivity contribution in [1.29, 1.82) is 5.26 Å². The molecule has 1 atom stereocenters. The smallest absolute Gasteiger partial charge is 0.124 e. The molecule has 0 fully saturated rings. The van der Waals surface area contributed by atoms with Crippen molar-refractivity contribution in [3.05, 3.63) is 28.2 Å². The molecule has 0 aliphatic rings. The summed E-state index contributed by atoms with van der Waals surface area (Å²) in [5.41, 5.74) is 6.72. The Bertz CT molecular complexity index is 478. The Morgan fingerprint density at radius 3 is 2.70 bits per heavy atom. The van der Waals surface area contributed by atoms with Crippen LogP contribution in [0.15, 0.2) is 22.7 Å². The summed E-state index contributed by atoms with van der Waals surface area (Å²) in [7, 11) is 0. The number of unbranched alkanes of at least 4 members (excludes halogenated alkanes) is 1. The highest BCUT2D eigenvalue weighted by molar-refractivity contribution is 9.10. The van der Waals surface area contributed by atoms with Gasteiger partial charge in [0, 0.05) is 16.1 Å². The van der Waals surface area contributed by atoms with Gasteiger partial charge in [0.15, 0.2) is 0 Å². The van der Waals surface area contributed by atoms with E-state index in [9.17, 15) is 0 Å². The van der Waals surface area contributed by atoms with E-state index in [1.807, 2.05) is 39.0 Å². The van der Waals surface area contributed by atoms with Crippen LogP contribution in [-0.4, -0.2) is 6.61 Å². The van der Waals surface area contributed by atoms with E-state index in [4.69, 9.17) is 15.7 Å². The van der Waals surface area contributed by atoms with Crippen LogP contribution in [0, 0.1) is 16.7 Å². The molecule has 4 heteroatoms. The van der Waals surface area contributed by atoms with Gasteiger partial charge in [0.2, 0.25) is 0 Å². The van der Waals surface area contributed by atoms with Crippen LogP contribution in [0.4, 0.5) is 0 Å². The lowest BCUT2D eigenvalue weighted by molar-refractivity contribution is 0.291. The van der Waals surface area contributed by atoms with Crippen molar-refractivity contribution >= 4 is 15.9 Å². The molecular weight excluding hydrogens is 316 g/mol. The highest BCUT2D eigenvalue weighted by atomic mass is 79.9. The van der Waals surface area contributed by atoms with Crippen molar-refractivity contribution in [1.82, 2.24) is 0 Å². The van der Waals surface area contributed by atoms with Gasteiger partial charge >= 0.3 is 0 Å². The molecule has 0 aromatic heterocycles. The average Bonchev–Trinajstić information content (AvgIpc) is 2.39. The Hall–Kier alpha value is -1.05. The molecule has 1 aromatic rings. The monoisotopic (exact) mass is 338 g/mol. The first kappa shape index (κ1) is 17.0. The first-order valence-corrected chi connectivity index (χ1v) is 7.74. The summed E-state index contributed by atoms with van der Waals surface area (Å²) in [6, 6.07) is 8.17. The van der Waals surface area contributed by atoms with Crippen LogP contribution in [0.1, 0.15) is 51.6 Å². The number of nitrogens with two attached hydrogens (primary N) is 1. The molecule has 0 aliphatic heterocycles. The van der Waals surface area contributed by atoms with E-state index in [1.165, 1.54) is 0 Å². The van der Waals surface area contributed by atoms with Crippen molar-refractivity contribution in [2.45, 2.75) is 46.1 Å². The second-order valence-corrected chi connectivity index (χ2v) is 6.69. The first-order valence-electron chi connectivity index (χ1n) is 6.95. The molecule has 0 heterocycles.